The Labute approximate surface area is 109 Å². The molecule has 0 aliphatic rings. The summed E-state index contributed by atoms with van der Waals surface area (Å²) < 4.78 is 6.41. The van der Waals surface area contributed by atoms with E-state index in [0.717, 1.165) is 0 Å². The minimum Gasteiger partial charge on any atom is -0.497 e. The Hall–Kier alpha value is -2.50. The van der Waals surface area contributed by atoms with Crippen molar-refractivity contribution >= 4 is 5.97 Å². The second-order valence-corrected chi connectivity index (χ2v) is 4.03. The number of benzene rings is 1. The summed E-state index contributed by atoms with van der Waals surface area (Å²) in [5, 5.41) is 11.4. The number of nitrogens with zero attached hydrogens (tertiary/aromatic N) is 1. The van der Waals surface area contributed by atoms with Crippen molar-refractivity contribution in [3.05, 3.63) is 46.4 Å². The monoisotopic (exact) mass is 262 g/mol. The van der Waals surface area contributed by atoms with E-state index in [0.29, 0.717) is 17.0 Å². The van der Waals surface area contributed by atoms with Crippen molar-refractivity contribution in [2.24, 2.45) is 0 Å². The first-order valence-electron chi connectivity index (χ1n) is 5.77. The fourth-order valence-electron chi connectivity index (χ4n) is 1.75. The molecule has 0 fully saturated rings. The second-order valence-electron chi connectivity index (χ2n) is 4.03. The topological polar surface area (TPSA) is 84.3 Å². The predicted molar refractivity (Wildman–Crippen MR) is 68.9 cm³/mol. The van der Waals surface area contributed by atoms with Gasteiger partial charge in [-0.1, -0.05) is 0 Å². The third-order valence-corrected chi connectivity index (χ3v) is 2.78. The number of aliphatic carboxylic acids is 1. The Balaban J connectivity index is 2.25. The molecule has 1 aromatic carbocycles. The lowest BCUT2D eigenvalue weighted by molar-refractivity contribution is -0.136. The number of hydrogen-bond donors (Lipinski definition) is 2. The molecule has 0 saturated heterocycles. The molecule has 19 heavy (non-hydrogen) atoms. The summed E-state index contributed by atoms with van der Waals surface area (Å²) in [6.45, 7) is 0. The fourth-order valence-corrected chi connectivity index (χ4v) is 1.75. The molecule has 0 aliphatic carbocycles. The van der Waals surface area contributed by atoms with Crippen LogP contribution in [0.15, 0.2) is 35.3 Å². The lowest BCUT2D eigenvalue weighted by atomic mass is 10.2. The number of methoxy groups -OCH3 is 1. The van der Waals surface area contributed by atoms with Gasteiger partial charge in [-0.25, -0.2) is 4.68 Å². The second kappa shape index (κ2) is 5.43. The number of nitrogens with one attached hydrogen (secondary N) is 1. The quantitative estimate of drug-likeness (QED) is 0.847. The molecule has 1 aromatic heterocycles. The fraction of sp³-hybridized carbons (Fsp3) is 0.231. The van der Waals surface area contributed by atoms with E-state index in [1.165, 1.54) is 10.9 Å². The summed E-state index contributed by atoms with van der Waals surface area (Å²) in [7, 11) is 1.57. The molecule has 100 valence electrons. The van der Waals surface area contributed by atoms with Crippen LogP contribution in [0.1, 0.15) is 12.0 Å². The van der Waals surface area contributed by atoms with E-state index in [4.69, 9.17) is 9.84 Å². The molecule has 0 unspecified atom stereocenters. The number of ether oxygens (including phenoxy) is 1. The van der Waals surface area contributed by atoms with Crippen LogP contribution < -0.4 is 10.3 Å². The van der Waals surface area contributed by atoms with Gasteiger partial charge in [-0.2, -0.15) is 0 Å². The van der Waals surface area contributed by atoms with Crippen LogP contribution in [0.4, 0.5) is 0 Å². The van der Waals surface area contributed by atoms with E-state index in [1.807, 2.05) is 0 Å². The van der Waals surface area contributed by atoms with Crippen LogP contribution in [0.5, 0.6) is 5.75 Å². The predicted octanol–water partition coefficient (Wildman–Crippen LogP) is 1.19. The van der Waals surface area contributed by atoms with Gasteiger partial charge in [0.15, 0.2) is 0 Å². The van der Waals surface area contributed by atoms with Crippen LogP contribution in [0, 0.1) is 0 Å². The molecule has 2 N–H and O–H groups in total. The van der Waals surface area contributed by atoms with Gasteiger partial charge in [0, 0.05) is 18.2 Å². The van der Waals surface area contributed by atoms with E-state index < -0.39 is 5.97 Å². The Morgan fingerprint density at radius 2 is 2.05 bits per heavy atom. The summed E-state index contributed by atoms with van der Waals surface area (Å²) in [6.07, 6.45) is 1.69. The summed E-state index contributed by atoms with van der Waals surface area (Å²) >= 11 is 0. The summed E-state index contributed by atoms with van der Waals surface area (Å²) in [4.78, 5) is 22.5. The van der Waals surface area contributed by atoms with Gasteiger partial charge in [-0.05, 0) is 30.7 Å². The molecule has 1 heterocycles. The van der Waals surface area contributed by atoms with Crippen molar-refractivity contribution in [2.75, 3.05) is 7.11 Å². The normalized spacial score (nSPS) is 10.4. The molecule has 0 atom stereocenters. The van der Waals surface area contributed by atoms with Crippen LogP contribution in [0.2, 0.25) is 0 Å². The summed E-state index contributed by atoms with van der Waals surface area (Å²) in [5.41, 5.74) is 0.900. The van der Waals surface area contributed by atoms with Crippen molar-refractivity contribution in [3.8, 4) is 11.4 Å². The molecule has 0 aliphatic heterocycles. The SMILES string of the molecule is COc1ccc(-n2[nH]cc(CCC(=O)O)c2=O)cc1. The van der Waals surface area contributed by atoms with Gasteiger partial charge >= 0.3 is 5.97 Å². The summed E-state index contributed by atoms with van der Waals surface area (Å²) in [5.74, 6) is -0.217. The number of aromatic nitrogens is 2. The zero-order chi connectivity index (χ0) is 13.8. The average Bonchev–Trinajstić information content (AvgIpc) is 2.78. The number of H-pyrrole nitrogens is 1. The first-order chi connectivity index (χ1) is 9.11. The Morgan fingerprint density at radius 3 is 2.63 bits per heavy atom. The maximum atomic E-state index is 12.0. The molecule has 0 bridgehead atoms. The lowest BCUT2D eigenvalue weighted by Gasteiger charge is -2.03. The third-order valence-electron chi connectivity index (χ3n) is 2.78. The van der Waals surface area contributed by atoms with Gasteiger partial charge < -0.3 is 9.84 Å². The van der Waals surface area contributed by atoms with E-state index in [-0.39, 0.29) is 18.4 Å². The minimum absolute atomic E-state index is 0.0598. The Morgan fingerprint density at radius 1 is 1.37 bits per heavy atom. The van der Waals surface area contributed by atoms with Crippen LogP contribution >= 0.6 is 0 Å². The molecule has 0 radical (unpaired) electrons. The van der Waals surface area contributed by atoms with Crippen molar-refractivity contribution in [3.63, 3.8) is 0 Å². The first-order valence-corrected chi connectivity index (χ1v) is 5.77. The van der Waals surface area contributed by atoms with Crippen molar-refractivity contribution < 1.29 is 14.6 Å². The van der Waals surface area contributed by atoms with Crippen LogP contribution in [-0.4, -0.2) is 28.0 Å². The number of rotatable bonds is 5. The maximum Gasteiger partial charge on any atom is 0.303 e. The number of carboxylic acids is 1. The summed E-state index contributed by atoms with van der Waals surface area (Å²) in [6, 6.07) is 6.99. The highest BCUT2D eigenvalue weighted by Gasteiger charge is 2.09. The van der Waals surface area contributed by atoms with Crippen LogP contribution in [0.25, 0.3) is 5.69 Å². The number of aromatic amines is 1. The number of aryl methyl sites for hydroxylation is 1. The van der Waals surface area contributed by atoms with Crippen molar-refractivity contribution in [1.29, 1.82) is 0 Å². The van der Waals surface area contributed by atoms with Crippen molar-refractivity contribution in [1.82, 2.24) is 9.78 Å². The number of carbonyl (C=O) groups is 1. The molecular weight excluding hydrogens is 248 g/mol. The molecule has 6 nitrogen and oxygen atoms in total. The minimum atomic E-state index is -0.920. The molecule has 6 heteroatoms. The van der Waals surface area contributed by atoms with E-state index in [9.17, 15) is 9.59 Å². The third kappa shape index (κ3) is 2.85. The van der Waals surface area contributed by atoms with Crippen LogP contribution in [-0.2, 0) is 11.2 Å². The highest BCUT2D eigenvalue weighted by atomic mass is 16.5. The molecule has 0 amide bonds. The van der Waals surface area contributed by atoms with Gasteiger partial charge in [-0.3, -0.25) is 14.7 Å². The smallest absolute Gasteiger partial charge is 0.303 e. The Kier molecular flexibility index (Phi) is 3.70. The zero-order valence-electron chi connectivity index (χ0n) is 10.4. The highest BCUT2D eigenvalue weighted by Crippen LogP contribution is 2.13. The molecule has 0 saturated carbocycles. The zero-order valence-corrected chi connectivity index (χ0v) is 10.4. The molecule has 0 spiro atoms. The Bertz CT molecular complexity index is 625. The van der Waals surface area contributed by atoms with Gasteiger partial charge in [0.25, 0.3) is 5.56 Å². The largest absolute Gasteiger partial charge is 0.497 e. The van der Waals surface area contributed by atoms with Gasteiger partial charge in [0.1, 0.15) is 5.75 Å². The van der Waals surface area contributed by atoms with Gasteiger partial charge in [0.05, 0.1) is 12.8 Å². The van der Waals surface area contributed by atoms with E-state index in [2.05, 4.69) is 5.10 Å². The van der Waals surface area contributed by atoms with Crippen molar-refractivity contribution in [2.45, 2.75) is 12.8 Å². The highest BCUT2D eigenvalue weighted by molar-refractivity contribution is 5.67. The van der Waals surface area contributed by atoms with Crippen LogP contribution in [0.3, 0.4) is 0 Å². The number of hydrogen-bond acceptors (Lipinski definition) is 3. The molecule has 2 rings (SSSR count). The van der Waals surface area contributed by atoms with Gasteiger partial charge in [0.2, 0.25) is 0 Å². The van der Waals surface area contributed by atoms with Gasteiger partial charge in [-0.15, -0.1) is 0 Å². The lowest BCUT2D eigenvalue weighted by Crippen LogP contribution is -2.17. The number of carboxylic acid groups (broad SMARTS) is 1. The average molecular weight is 262 g/mol. The molecule has 2 aromatic rings. The standard InChI is InChI=1S/C13H14N2O4/c1-19-11-5-3-10(4-6-11)15-13(18)9(8-14-15)2-7-12(16)17/h3-6,8,14H,2,7H2,1H3,(H,16,17). The van der Waals surface area contributed by atoms with E-state index >= 15 is 0 Å². The maximum absolute atomic E-state index is 12.0. The first kappa shape index (κ1) is 12.9. The van der Waals surface area contributed by atoms with E-state index in [1.54, 1.807) is 31.4 Å². The molecular formula is C13H14N2O4.